The average Bonchev–Trinajstić information content (AvgIpc) is 3.22. The number of carbonyl (C=O) groups is 1. The molecule has 0 spiro atoms. The Hall–Kier alpha value is -1.57. The zero-order chi connectivity index (χ0) is 25.5. The maximum absolute atomic E-state index is 12.7. The van der Waals surface area contributed by atoms with Crippen LogP contribution in [0, 0.1) is 40.4 Å². The van der Waals surface area contributed by atoms with Crippen LogP contribution in [0.1, 0.15) is 122 Å². The van der Waals surface area contributed by atoms with Crippen molar-refractivity contribution in [1.29, 1.82) is 0 Å². The number of benzene rings is 1. The van der Waals surface area contributed by atoms with Gasteiger partial charge in [0.05, 0.1) is 5.56 Å². The van der Waals surface area contributed by atoms with Crippen LogP contribution in [0.15, 0.2) is 41.5 Å². The highest BCUT2D eigenvalue weighted by Gasteiger charge is 2.56. The van der Waals surface area contributed by atoms with Crippen molar-refractivity contribution < 1.29 is 9.53 Å². The van der Waals surface area contributed by atoms with Crippen molar-refractivity contribution in [2.24, 2.45) is 40.4 Å². The van der Waals surface area contributed by atoms with E-state index in [4.69, 9.17) is 4.74 Å². The van der Waals surface area contributed by atoms with E-state index in [-0.39, 0.29) is 12.1 Å². The summed E-state index contributed by atoms with van der Waals surface area (Å²) >= 11 is 0. The second-order valence-corrected chi connectivity index (χ2v) is 13.9. The Morgan fingerprint density at radius 2 is 1.75 bits per heavy atom. The summed E-state index contributed by atoms with van der Waals surface area (Å²) in [5, 5.41) is 0. The molecule has 2 heteroatoms. The van der Waals surface area contributed by atoms with E-state index >= 15 is 0 Å². The first-order valence-electron chi connectivity index (χ1n) is 15.2. The lowest BCUT2D eigenvalue weighted by Crippen LogP contribution is -2.48. The normalized spacial score (nSPS) is 36.7. The van der Waals surface area contributed by atoms with E-state index in [2.05, 4.69) is 34.6 Å². The Labute approximate surface area is 220 Å². The van der Waals surface area contributed by atoms with Crippen molar-refractivity contribution >= 4 is 5.97 Å². The third-order valence-corrected chi connectivity index (χ3v) is 11.4. The average molecular weight is 491 g/mol. The van der Waals surface area contributed by atoms with E-state index in [1.807, 2.05) is 41.5 Å². The van der Waals surface area contributed by atoms with Crippen molar-refractivity contribution in [3.63, 3.8) is 0 Å². The highest BCUT2D eigenvalue weighted by Crippen LogP contribution is 2.66. The molecule has 0 aromatic heterocycles. The summed E-state index contributed by atoms with van der Waals surface area (Å²) < 4.78 is 6.03. The van der Waals surface area contributed by atoms with E-state index in [1.54, 1.807) is 0 Å². The summed E-state index contributed by atoms with van der Waals surface area (Å²) in [5.74, 6) is 3.87. The molecule has 5 rings (SSSR count). The van der Waals surface area contributed by atoms with Crippen LogP contribution < -0.4 is 0 Å². The van der Waals surface area contributed by atoms with Gasteiger partial charge in [-0.05, 0) is 110 Å². The van der Waals surface area contributed by atoms with Crippen LogP contribution in [-0.2, 0) is 4.74 Å². The zero-order valence-corrected chi connectivity index (χ0v) is 23.7. The van der Waals surface area contributed by atoms with Crippen LogP contribution in [0.3, 0.4) is 0 Å². The summed E-state index contributed by atoms with van der Waals surface area (Å²) in [5.41, 5.74) is 5.31. The van der Waals surface area contributed by atoms with Gasteiger partial charge >= 0.3 is 5.97 Å². The largest absolute Gasteiger partial charge is 0.459 e. The van der Waals surface area contributed by atoms with Gasteiger partial charge in [-0.2, -0.15) is 0 Å². The lowest BCUT2D eigenvalue weighted by molar-refractivity contribution is -0.0499. The number of ether oxygens (including phenoxy) is 1. The minimum absolute atomic E-state index is 0.0846. The van der Waals surface area contributed by atoms with Gasteiger partial charge in [-0.3, -0.25) is 0 Å². The van der Waals surface area contributed by atoms with Crippen molar-refractivity contribution in [1.82, 2.24) is 0 Å². The summed E-state index contributed by atoms with van der Waals surface area (Å²) in [6.45, 7) is 12.5. The molecule has 1 aromatic rings. The molecule has 4 aliphatic carbocycles. The number of carbonyl (C=O) groups excluding carboxylic acids is 1. The van der Waals surface area contributed by atoms with Crippen LogP contribution in [0.4, 0.5) is 0 Å². The number of esters is 1. The Kier molecular flexibility index (Phi) is 7.45. The van der Waals surface area contributed by atoms with E-state index in [0.717, 1.165) is 36.5 Å². The molecule has 0 N–H and O–H groups in total. The molecule has 0 bridgehead atoms. The summed E-state index contributed by atoms with van der Waals surface area (Å²) in [4.78, 5) is 12.7. The number of rotatable bonds is 7. The maximum atomic E-state index is 12.7. The number of fused-ring (bicyclic) bond motifs is 4. The molecule has 198 valence electrons. The number of allylic oxidation sites excluding steroid dienone is 2. The molecule has 3 fully saturated rings. The second-order valence-electron chi connectivity index (χ2n) is 13.9. The third kappa shape index (κ3) is 4.71. The van der Waals surface area contributed by atoms with E-state index in [9.17, 15) is 4.79 Å². The summed E-state index contributed by atoms with van der Waals surface area (Å²) in [6.07, 6.45) is 15.7. The molecule has 7 atom stereocenters. The van der Waals surface area contributed by atoms with E-state index in [0.29, 0.717) is 22.3 Å². The molecule has 36 heavy (non-hydrogen) atoms. The van der Waals surface area contributed by atoms with Crippen molar-refractivity contribution in [2.45, 2.75) is 118 Å². The topological polar surface area (TPSA) is 26.3 Å². The minimum Gasteiger partial charge on any atom is -0.459 e. The van der Waals surface area contributed by atoms with E-state index < -0.39 is 0 Å². The first-order valence-corrected chi connectivity index (χ1v) is 15.2. The molecule has 7 unspecified atom stereocenters. The van der Waals surface area contributed by atoms with Crippen LogP contribution in [0.5, 0.6) is 0 Å². The molecule has 0 amide bonds. The fraction of sp³-hybridized carbons (Fsp3) is 0.735. The van der Waals surface area contributed by atoms with E-state index in [1.165, 1.54) is 64.2 Å². The highest BCUT2D eigenvalue weighted by molar-refractivity contribution is 5.89. The second kappa shape index (κ2) is 10.3. The quantitative estimate of drug-likeness (QED) is 0.281. The molecular formula is C34H50O2. The first-order chi connectivity index (χ1) is 17.2. The minimum atomic E-state index is -0.143. The maximum Gasteiger partial charge on any atom is 0.338 e. The molecular weight excluding hydrogens is 440 g/mol. The lowest BCUT2D eigenvalue weighted by Gasteiger charge is -2.57. The van der Waals surface area contributed by atoms with Crippen LogP contribution >= 0.6 is 0 Å². The zero-order valence-electron chi connectivity index (χ0n) is 23.7. The third-order valence-electron chi connectivity index (χ3n) is 11.4. The summed E-state index contributed by atoms with van der Waals surface area (Å²) in [7, 11) is 0. The molecule has 2 nitrogen and oxygen atoms in total. The SMILES string of the molecule is CC(C)CCCC(C)C1CCC2=C3CCC4CC(OC(=O)c5ccccc5)CCC4(C)C3CCC21C. The Morgan fingerprint density at radius 1 is 0.972 bits per heavy atom. The Balaban J connectivity index is 1.27. The monoisotopic (exact) mass is 490 g/mol. The Morgan fingerprint density at radius 3 is 2.50 bits per heavy atom. The van der Waals surface area contributed by atoms with Gasteiger partial charge in [0, 0.05) is 0 Å². The van der Waals surface area contributed by atoms with Gasteiger partial charge in [-0.1, -0.05) is 83.2 Å². The van der Waals surface area contributed by atoms with Crippen molar-refractivity contribution in [2.75, 3.05) is 0 Å². The van der Waals surface area contributed by atoms with Gasteiger partial charge in [0.2, 0.25) is 0 Å². The molecule has 0 heterocycles. The standard InChI is InChI=1S/C34H50O2/c1-23(2)10-9-11-24(3)29-16-17-30-28-15-14-26-22-27(36-32(35)25-12-7-6-8-13-25)18-20-33(26,4)31(28)19-21-34(29,30)5/h6-8,12-13,23-24,26-27,29,31H,9-11,14-22H2,1-5H3. The van der Waals surface area contributed by atoms with Gasteiger partial charge in [0.1, 0.15) is 6.10 Å². The van der Waals surface area contributed by atoms with Crippen LogP contribution in [-0.4, -0.2) is 12.1 Å². The van der Waals surface area contributed by atoms with Gasteiger partial charge in [0.15, 0.2) is 0 Å². The molecule has 4 aliphatic rings. The molecule has 3 saturated carbocycles. The van der Waals surface area contributed by atoms with Gasteiger partial charge in [0.25, 0.3) is 0 Å². The molecule has 0 radical (unpaired) electrons. The van der Waals surface area contributed by atoms with Crippen LogP contribution in [0.25, 0.3) is 0 Å². The Bertz CT molecular complexity index is 961. The van der Waals surface area contributed by atoms with Crippen LogP contribution in [0.2, 0.25) is 0 Å². The predicted octanol–water partition coefficient (Wildman–Crippen LogP) is 9.40. The molecule has 1 aromatic carbocycles. The smallest absolute Gasteiger partial charge is 0.338 e. The molecule has 0 aliphatic heterocycles. The van der Waals surface area contributed by atoms with Crippen molar-refractivity contribution in [3.8, 4) is 0 Å². The summed E-state index contributed by atoms with van der Waals surface area (Å²) in [6, 6.07) is 9.52. The number of hydrogen-bond acceptors (Lipinski definition) is 2. The first kappa shape index (κ1) is 26.1. The van der Waals surface area contributed by atoms with Gasteiger partial charge < -0.3 is 4.74 Å². The lowest BCUT2D eigenvalue weighted by atomic mass is 9.49. The predicted molar refractivity (Wildman–Crippen MR) is 149 cm³/mol. The fourth-order valence-electron chi connectivity index (χ4n) is 9.35. The fourth-order valence-corrected chi connectivity index (χ4v) is 9.35. The van der Waals surface area contributed by atoms with Gasteiger partial charge in [-0.15, -0.1) is 0 Å². The highest BCUT2D eigenvalue weighted by atomic mass is 16.5. The number of hydrogen-bond donors (Lipinski definition) is 0. The van der Waals surface area contributed by atoms with Crippen molar-refractivity contribution in [3.05, 3.63) is 47.0 Å². The molecule has 0 saturated heterocycles. The van der Waals surface area contributed by atoms with Gasteiger partial charge in [-0.25, -0.2) is 4.79 Å².